The first-order chi connectivity index (χ1) is 10.5. The number of ether oxygens (including phenoxy) is 3. The van der Waals surface area contributed by atoms with E-state index in [-0.39, 0.29) is 38.3 Å². The Balaban J connectivity index is 3.48. The molecular formula is C15H27NO5S. The fraction of sp³-hybridized carbons (Fsp3) is 0.733. The van der Waals surface area contributed by atoms with Gasteiger partial charge in [0, 0.05) is 23.6 Å². The summed E-state index contributed by atoms with van der Waals surface area (Å²) >= 11 is 1.72. The molecule has 0 saturated heterocycles. The summed E-state index contributed by atoms with van der Waals surface area (Å²) in [4.78, 5) is 22.7. The Morgan fingerprint density at radius 1 is 1.18 bits per heavy atom. The molecule has 0 rings (SSSR count). The van der Waals surface area contributed by atoms with Crippen molar-refractivity contribution in [3.8, 4) is 0 Å². The van der Waals surface area contributed by atoms with Crippen molar-refractivity contribution in [3.05, 3.63) is 12.2 Å². The molecule has 0 aromatic carbocycles. The monoisotopic (exact) mass is 333 g/mol. The van der Waals surface area contributed by atoms with Gasteiger partial charge in [-0.25, -0.2) is 4.79 Å². The van der Waals surface area contributed by atoms with Gasteiger partial charge in [-0.1, -0.05) is 13.5 Å². The minimum Gasteiger partial charge on any atom is -0.463 e. The van der Waals surface area contributed by atoms with Crippen LogP contribution in [0.2, 0.25) is 0 Å². The highest BCUT2D eigenvalue weighted by molar-refractivity contribution is 7.99. The van der Waals surface area contributed by atoms with E-state index in [2.05, 4.69) is 11.9 Å². The molecule has 0 heterocycles. The van der Waals surface area contributed by atoms with Crippen molar-refractivity contribution >= 4 is 23.7 Å². The van der Waals surface area contributed by atoms with Crippen LogP contribution in [0.1, 0.15) is 13.8 Å². The second-order valence-corrected chi connectivity index (χ2v) is 5.93. The van der Waals surface area contributed by atoms with Crippen LogP contribution in [0.25, 0.3) is 0 Å². The van der Waals surface area contributed by atoms with Gasteiger partial charge in [-0.05, 0) is 14.0 Å². The molecule has 0 aromatic rings. The van der Waals surface area contributed by atoms with Crippen molar-refractivity contribution in [1.82, 2.24) is 5.32 Å². The van der Waals surface area contributed by atoms with E-state index in [0.29, 0.717) is 5.57 Å². The molecule has 0 radical (unpaired) electrons. The minimum absolute atomic E-state index is 0.127. The number of thioether (sulfide) groups is 1. The SMILES string of the molecule is C=C(C)C(=O)OCCOCCOC(=O)C(C)CSCCNC. The summed E-state index contributed by atoms with van der Waals surface area (Å²) in [7, 11) is 1.90. The second-order valence-electron chi connectivity index (χ2n) is 4.78. The number of carbonyl (C=O) groups is 2. The summed E-state index contributed by atoms with van der Waals surface area (Å²) in [6.07, 6.45) is 0. The molecule has 0 spiro atoms. The quantitative estimate of drug-likeness (QED) is 0.309. The zero-order chi connectivity index (χ0) is 16.8. The van der Waals surface area contributed by atoms with E-state index in [0.717, 1.165) is 18.1 Å². The van der Waals surface area contributed by atoms with Gasteiger partial charge >= 0.3 is 11.9 Å². The number of rotatable bonds is 13. The summed E-state index contributed by atoms with van der Waals surface area (Å²) in [5.41, 5.74) is 0.357. The summed E-state index contributed by atoms with van der Waals surface area (Å²) in [6, 6.07) is 0. The minimum atomic E-state index is -0.431. The normalized spacial score (nSPS) is 11.8. The van der Waals surface area contributed by atoms with Gasteiger partial charge in [0.15, 0.2) is 0 Å². The van der Waals surface area contributed by atoms with Crippen LogP contribution in [0.5, 0.6) is 0 Å². The van der Waals surface area contributed by atoms with Crippen LogP contribution in [0.3, 0.4) is 0 Å². The number of esters is 2. The predicted octanol–water partition coefficient (Wildman–Crippen LogP) is 1.25. The Kier molecular flexibility index (Phi) is 13.0. The standard InChI is InChI=1S/C15H27NO5S/c1-12(2)14(17)20-8-6-19-7-9-21-15(18)13(3)11-22-10-5-16-4/h13,16H,1,5-11H2,2-4H3. The first-order valence-corrected chi connectivity index (χ1v) is 8.43. The van der Waals surface area contributed by atoms with E-state index >= 15 is 0 Å². The highest BCUT2D eigenvalue weighted by Crippen LogP contribution is 2.09. The molecular weight excluding hydrogens is 306 g/mol. The number of carbonyl (C=O) groups excluding carboxylic acids is 2. The molecule has 0 amide bonds. The second kappa shape index (κ2) is 13.6. The molecule has 7 heteroatoms. The molecule has 0 aliphatic carbocycles. The van der Waals surface area contributed by atoms with Gasteiger partial charge in [0.05, 0.1) is 19.1 Å². The Bertz CT molecular complexity index is 349. The van der Waals surface area contributed by atoms with Gasteiger partial charge < -0.3 is 19.5 Å². The average Bonchev–Trinajstić information content (AvgIpc) is 2.49. The van der Waals surface area contributed by atoms with Crippen LogP contribution in [0.4, 0.5) is 0 Å². The third kappa shape index (κ3) is 11.6. The molecule has 0 bridgehead atoms. The Morgan fingerprint density at radius 2 is 1.82 bits per heavy atom. The molecule has 1 unspecified atom stereocenters. The maximum Gasteiger partial charge on any atom is 0.333 e. The Hall–Kier alpha value is -1.05. The first kappa shape index (κ1) is 20.9. The molecule has 22 heavy (non-hydrogen) atoms. The molecule has 128 valence electrons. The fourth-order valence-corrected chi connectivity index (χ4v) is 2.27. The molecule has 0 fully saturated rings. The maximum atomic E-state index is 11.7. The summed E-state index contributed by atoms with van der Waals surface area (Å²) < 4.78 is 15.2. The zero-order valence-electron chi connectivity index (χ0n) is 13.7. The Morgan fingerprint density at radius 3 is 2.41 bits per heavy atom. The maximum absolute atomic E-state index is 11.7. The number of nitrogens with one attached hydrogen (secondary N) is 1. The zero-order valence-corrected chi connectivity index (χ0v) is 14.5. The van der Waals surface area contributed by atoms with Gasteiger partial charge in [0.1, 0.15) is 13.2 Å². The van der Waals surface area contributed by atoms with Crippen molar-refractivity contribution in [2.45, 2.75) is 13.8 Å². The van der Waals surface area contributed by atoms with Gasteiger partial charge in [0.2, 0.25) is 0 Å². The van der Waals surface area contributed by atoms with Crippen LogP contribution < -0.4 is 5.32 Å². The summed E-state index contributed by atoms with van der Waals surface area (Å²) in [6.45, 7) is 8.77. The molecule has 0 aliphatic heterocycles. The van der Waals surface area contributed by atoms with Gasteiger partial charge in [0.25, 0.3) is 0 Å². The van der Waals surface area contributed by atoms with E-state index in [1.165, 1.54) is 0 Å². The number of hydrogen-bond acceptors (Lipinski definition) is 7. The van der Waals surface area contributed by atoms with E-state index in [1.54, 1.807) is 18.7 Å². The lowest BCUT2D eigenvalue weighted by molar-refractivity contribution is -0.148. The fourth-order valence-electron chi connectivity index (χ4n) is 1.26. The third-order valence-corrected chi connectivity index (χ3v) is 3.78. The predicted molar refractivity (Wildman–Crippen MR) is 88.0 cm³/mol. The molecule has 6 nitrogen and oxygen atoms in total. The first-order valence-electron chi connectivity index (χ1n) is 7.28. The van der Waals surface area contributed by atoms with Crippen LogP contribution >= 0.6 is 11.8 Å². The summed E-state index contributed by atoms with van der Waals surface area (Å²) in [5.74, 6) is 0.950. The van der Waals surface area contributed by atoms with Crippen molar-refractivity contribution in [2.75, 3.05) is 51.5 Å². The lowest BCUT2D eigenvalue weighted by Gasteiger charge is -2.11. The highest BCUT2D eigenvalue weighted by atomic mass is 32.2. The van der Waals surface area contributed by atoms with Gasteiger partial charge in [-0.2, -0.15) is 11.8 Å². The molecule has 0 aliphatic rings. The Labute approximate surface area is 136 Å². The van der Waals surface area contributed by atoms with Crippen LogP contribution in [-0.4, -0.2) is 63.5 Å². The van der Waals surface area contributed by atoms with Crippen LogP contribution in [-0.2, 0) is 23.8 Å². The average molecular weight is 333 g/mol. The lowest BCUT2D eigenvalue weighted by Crippen LogP contribution is -2.21. The van der Waals surface area contributed by atoms with E-state index in [9.17, 15) is 9.59 Å². The highest BCUT2D eigenvalue weighted by Gasteiger charge is 2.14. The van der Waals surface area contributed by atoms with Crippen LogP contribution in [0.15, 0.2) is 12.2 Å². The van der Waals surface area contributed by atoms with Gasteiger partial charge in [-0.15, -0.1) is 0 Å². The summed E-state index contributed by atoms with van der Waals surface area (Å²) in [5, 5.41) is 3.05. The van der Waals surface area contributed by atoms with Crippen molar-refractivity contribution in [3.63, 3.8) is 0 Å². The lowest BCUT2D eigenvalue weighted by atomic mass is 10.2. The molecule has 1 atom stereocenters. The molecule has 1 N–H and O–H groups in total. The van der Waals surface area contributed by atoms with E-state index in [1.807, 2.05) is 14.0 Å². The number of hydrogen-bond donors (Lipinski definition) is 1. The van der Waals surface area contributed by atoms with Crippen molar-refractivity contribution in [1.29, 1.82) is 0 Å². The molecule has 0 saturated carbocycles. The van der Waals surface area contributed by atoms with E-state index in [4.69, 9.17) is 14.2 Å². The van der Waals surface area contributed by atoms with Crippen LogP contribution in [0, 0.1) is 5.92 Å². The smallest absolute Gasteiger partial charge is 0.333 e. The van der Waals surface area contributed by atoms with Gasteiger partial charge in [-0.3, -0.25) is 4.79 Å². The topological polar surface area (TPSA) is 73.9 Å². The van der Waals surface area contributed by atoms with E-state index < -0.39 is 5.97 Å². The third-order valence-electron chi connectivity index (χ3n) is 2.55. The molecule has 0 aromatic heterocycles. The van der Waals surface area contributed by atoms with Crippen molar-refractivity contribution in [2.24, 2.45) is 5.92 Å². The van der Waals surface area contributed by atoms with Crippen molar-refractivity contribution < 1.29 is 23.8 Å². The largest absolute Gasteiger partial charge is 0.463 e.